The van der Waals surface area contributed by atoms with Gasteiger partial charge in [0.05, 0.1) is 11.6 Å². The molecule has 4 rings (SSSR count). The number of amides is 1. The molecule has 150 valence electrons. The Balaban J connectivity index is 1.50. The maximum Gasteiger partial charge on any atom is 0.236 e. The molecule has 6 nitrogen and oxygen atoms in total. The zero-order valence-corrected chi connectivity index (χ0v) is 16.4. The third kappa shape index (κ3) is 3.68. The van der Waals surface area contributed by atoms with Crippen LogP contribution in [-0.4, -0.2) is 35.6 Å². The predicted octanol–water partition coefficient (Wildman–Crippen LogP) is 2.65. The molecule has 2 aliphatic carbocycles. The van der Waals surface area contributed by atoms with Gasteiger partial charge in [0.1, 0.15) is 0 Å². The van der Waals surface area contributed by atoms with Crippen LogP contribution in [0.5, 0.6) is 0 Å². The van der Waals surface area contributed by atoms with Crippen molar-refractivity contribution in [1.82, 2.24) is 5.32 Å². The average molecular weight is 391 g/mol. The third-order valence-corrected chi connectivity index (χ3v) is 5.80. The Labute approximate surface area is 169 Å². The summed E-state index contributed by atoms with van der Waals surface area (Å²) in [6, 6.07) is 12.2. The number of anilines is 1. The minimum absolute atomic E-state index is 0.110. The number of benzene rings is 2. The van der Waals surface area contributed by atoms with Crippen molar-refractivity contribution >= 4 is 23.2 Å². The van der Waals surface area contributed by atoms with Gasteiger partial charge in [-0.05, 0) is 38.7 Å². The highest BCUT2D eigenvalue weighted by molar-refractivity contribution is 6.30. The van der Waals surface area contributed by atoms with Gasteiger partial charge in [-0.1, -0.05) is 36.4 Å². The van der Waals surface area contributed by atoms with Gasteiger partial charge in [-0.2, -0.15) is 0 Å². The number of carbonyl (C=O) groups is 3. The van der Waals surface area contributed by atoms with E-state index in [1.165, 1.54) is 0 Å². The van der Waals surface area contributed by atoms with Gasteiger partial charge in [-0.3, -0.25) is 14.4 Å². The summed E-state index contributed by atoms with van der Waals surface area (Å²) in [6.45, 7) is 1.68. The molecule has 29 heavy (non-hydrogen) atoms. The van der Waals surface area contributed by atoms with Gasteiger partial charge >= 0.3 is 0 Å². The lowest BCUT2D eigenvalue weighted by Gasteiger charge is -2.31. The highest BCUT2D eigenvalue weighted by Crippen LogP contribution is 2.33. The predicted molar refractivity (Wildman–Crippen MR) is 111 cm³/mol. The number of rotatable bonds is 4. The molecule has 0 saturated heterocycles. The van der Waals surface area contributed by atoms with Crippen molar-refractivity contribution in [3.05, 3.63) is 64.7 Å². The van der Waals surface area contributed by atoms with Crippen LogP contribution in [0.25, 0.3) is 0 Å². The molecule has 1 amide bonds. The standard InChI is InChI=1S/C23H25N3O3/c1-13(24)23(29)26-15-11-9-14(10-12-15)25-19-8-4-7-18-20(19)22(28)17-6-3-2-5-16(17)21(18)27/h2-8,13-15,25H,9-12,24H2,1H3,(H,26,29)/t13-,14?,15?/m1/s1. The van der Waals surface area contributed by atoms with Crippen LogP contribution in [-0.2, 0) is 4.79 Å². The summed E-state index contributed by atoms with van der Waals surface area (Å²) < 4.78 is 0. The van der Waals surface area contributed by atoms with Gasteiger partial charge < -0.3 is 16.4 Å². The second-order valence-electron chi connectivity index (χ2n) is 7.92. The Morgan fingerprint density at radius 3 is 2.14 bits per heavy atom. The van der Waals surface area contributed by atoms with Crippen LogP contribution in [0.3, 0.4) is 0 Å². The largest absolute Gasteiger partial charge is 0.382 e. The van der Waals surface area contributed by atoms with Crippen molar-refractivity contribution in [2.75, 3.05) is 5.32 Å². The van der Waals surface area contributed by atoms with E-state index in [4.69, 9.17) is 5.73 Å². The van der Waals surface area contributed by atoms with Crippen molar-refractivity contribution in [3.8, 4) is 0 Å². The van der Waals surface area contributed by atoms with E-state index >= 15 is 0 Å². The number of carbonyl (C=O) groups excluding carboxylic acids is 3. The SMILES string of the molecule is C[C@@H](N)C(=O)NC1CCC(Nc2cccc3c2C(=O)c2ccccc2C3=O)CC1. The summed E-state index contributed by atoms with van der Waals surface area (Å²) in [6.07, 6.45) is 3.43. The Morgan fingerprint density at radius 2 is 1.48 bits per heavy atom. The number of ketones is 2. The lowest BCUT2D eigenvalue weighted by Crippen LogP contribution is -2.46. The van der Waals surface area contributed by atoms with E-state index in [0.717, 1.165) is 25.7 Å². The van der Waals surface area contributed by atoms with Crippen molar-refractivity contribution in [2.45, 2.75) is 50.7 Å². The molecule has 6 heteroatoms. The van der Waals surface area contributed by atoms with E-state index in [-0.39, 0.29) is 29.6 Å². The van der Waals surface area contributed by atoms with E-state index in [0.29, 0.717) is 27.9 Å². The van der Waals surface area contributed by atoms with Gasteiger partial charge in [0.2, 0.25) is 5.91 Å². The number of nitrogens with one attached hydrogen (secondary N) is 2. The molecule has 4 N–H and O–H groups in total. The summed E-state index contributed by atoms with van der Waals surface area (Å²) in [4.78, 5) is 37.8. The lowest BCUT2D eigenvalue weighted by atomic mass is 9.83. The maximum atomic E-state index is 13.1. The van der Waals surface area contributed by atoms with E-state index in [2.05, 4.69) is 10.6 Å². The molecule has 1 atom stereocenters. The molecule has 2 aromatic rings. The Hall–Kier alpha value is -2.99. The van der Waals surface area contributed by atoms with Gasteiger partial charge in [0.15, 0.2) is 11.6 Å². The highest BCUT2D eigenvalue weighted by Gasteiger charge is 2.32. The summed E-state index contributed by atoms with van der Waals surface area (Å²) in [5, 5.41) is 6.46. The minimum Gasteiger partial charge on any atom is -0.382 e. The molecule has 2 aliphatic rings. The first-order valence-electron chi connectivity index (χ1n) is 10.1. The van der Waals surface area contributed by atoms with Crippen molar-refractivity contribution in [3.63, 3.8) is 0 Å². The fourth-order valence-corrected chi connectivity index (χ4v) is 4.20. The zero-order chi connectivity index (χ0) is 20.5. The topological polar surface area (TPSA) is 101 Å². The van der Waals surface area contributed by atoms with Gasteiger partial charge in [-0.25, -0.2) is 0 Å². The molecule has 0 aromatic heterocycles. The molecule has 1 saturated carbocycles. The molecule has 0 heterocycles. The quantitative estimate of drug-likeness (QED) is 0.635. The summed E-state index contributed by atoms with van der Waals surface area (Å²) in [5.74, 6) is -0.348. The monoisotopic (exact) mass is 391 g/mol. The Morgan fingerprint density at radius 1 is 0.897 bits per heavy atom. The average Bonchev–Trinajstić information content (AvgIpc) is 2.73. The first kappa shape index (κ1) is 19.3. The van der Waals surface area contributed by atoms with Crippen molar-refractivity contribution < 1.29 is 14.4 Å². The third-order valence-electron chi connectivity index (χ3n) is 5.80. The molecule has 0 spiro atoms. The fourth-order valence-electron chi connectivity index (χ4n) is 4.20. The molecular formula is C23H25N3O3. The van der Waals surface area contributed by atoms with E-state index in [9.17, 15) is 14.4 Å². The van der Waals surface area contributed by atoms with Crippen LogP contribution in [0.2, 0.25) is 0 Å². The van der Waals surface area contributed by atoms with Crippen LogP contribution in [0, 0.1) is 0 Å². The molecule has 0 aliphatic heterocycles. The van der Waals surface area contributed by atoms with Crippen LogP contribution in [0.4, 0.5) is 5.69 Å². The second kappa shape index (κ2) is 7.79. The molecule has 0 bridgehead atoms. The Bertz CT molecular complexity index is 975. The highest BCUT2D eigenvalue weighted by atomic mass is 16.2. The van der Waals surface area contributed by atoms with Gasteiger partial charge in [-0.15, -0.1) is 0 Å². The lowest BCUT2D eigenvalue weighted by molar-refractivity contribution is -0.122. The second-order valence-corrected chi connectivity index (χ2v) is 7.92. The minimum atomic E-state index is -0.506. The number of hydrogen-bond donors (Lipinski definition) is 3. The normalized spacial score (nSPS) is 21.7. The Kier molecular flexibility index (Phi) is 5.20. The summed E-state index contributed by atoms with van der Waals surface area (Å²) >= 11 is 0. The molecular weight excluding hydrogens is 366 g/mol. The summed E-state index contributed by atoms with van der Waals surface area (Å²) in [5.41, 5.74) is 8.17. The van der Waals surface area contributed by atoms with Gasteiger partial charge in [0.25, 0.3) is 0 Å². The molecule has 1 fully saturated rings. The van der Waals surface area contributed by atoms with Crippen molar-refractivity contribution in [2.24, 2.45) is 5.73 Å². The van der Waals surface area contributed by atoms with Gasteiger partial charge in [0, 0.05) is 34.5 Å². The maximum absolute atomic E-state index is 13.1. The first-order chi connectivity index (χ1) is 14.0. The smallest absolute Gasteiger partial charge is 0.236 e. The number of nitrogens with two attached hydrogens (primary N) is 1. The molecule has 0 radical (unpaired) electrons. The van der Waals surface area contributed by atoms with Crippen LogP contribution >= 0.6 is 0 Å². The molecule has 0 unspecified atom stereocenters. The number of fused-ring (bicyclic) bond motifs is 2. The molecule has 2 aromatic carbocycles. The zero-order valence-electron chi connectivity index (χ0n) is 16.4. The summed E-state index contributed by atoms with van der Waals surface area (Å²) in [7, 11) is 0. The fraction of sp³-hybridized carbons (Fsp3) is 0.348. The van der Waals surface area contributed by atoms with Crippen molar-refractivity contribution in [1.29, 1.82) is 0 Å². The first-order valence-corrected chi connectivity index (χ1v) is 10.1. The van der Waals surface area contributed by atoms with E-state index < -0.39 is 6.04 Å². The van der Waals surface area contributed by atoms with Crippen LogP contribution in [0.1, 0.15) is 64.4 Å². The van der Waals surface area contributed by atoms with E-state index in [1.807, 2.05) is 12.1 Å². The van der Waals surface area contributed by atoms with Crippen LogP contribution < -0.4 is 16.4 Å². The number of hydrogen-bond acceptors (Lipinski definition) is 5. The van der Waals surface area contributed by atoms with Crippen LogP contribution in [0.15, 0.2) is 42.5 Å². The van der Waals surface area contributed by atoms with E-state index in [1.54, 1.807) is 37.3 Å².